The van der Waals surface area contributed by atoms with E-state index in [4.69, 9.17) is 23.9 Å². The Labute approximate surface area is 162 Å². The highest BCUT2D eigenvalue weighted by molar-refractivity contribution is 5.93. The van der Waals surface area contributed by atoms with Crippen molar-refractivity contribution in [2.24, 2.45) is 4.99 Å². The fourth-order valence-electron chi connectivity index (χ4n) is 2.89. The van der Waals surface area contributed by atoms with Gasteiger partial charge < -0.3 is 29.6 Å². The SMILES string of the molecule is CCNC(=NCC1(OC)CCOCC1)Nc1cccc(OCCCOC)c1. The summed E-state index contributed by atoms with van der Waals surface area (Å²) in [7, 11) is 3.45. The lowest BCUT2D eigenvalue weighted by Gasteiger charge is -2.34. The van der Waals surface area contributed by atoms with E-state index in [-0.39, 0.29) is 5.60 Å². The molecule has 2 rings (SSSR count). The van der Waals surface area contributed by atoms with E-state index in [2.05, 4.69) is 10.6 Å². The predicted molar refractivity (Wildman–Crippen MR) is 108 cm³/mol. The summed E-state index contributed by atoms with van der Waals surface area (Å²) in [6.45, 7) is 6.18. The van der Waals surface area contributed by atoms with Gasteiger partial charge in [0.2, 0.25) is 0 Å². The largest absolute Gasteiger partial charge is 0.493 e. The summed E-state index contributed by atoms with van der Waals surface area (Å²) in [6, 6.07) is 7.88. The minimum atomic E-state index is -0.243. The van der Waals surface area contributed by atoms with Crippen LogP contribution in [0.25, 0.3) is 0 Å². The van der Waals surface area contributed by atoms with Crippen molar-refractivity contribution in [1.82, 2.24) is 5.32 Å². The molecule has 27 heavy (non-hydrogen) atoms. The van der Waals surface area contributed by atoms with Gasteiger partial charge in [-0.15, -0.1) is 0 Å². The lowest BCUT2D eigenvalue weighted by atomic mass is 9.94. The molecular weight excluding hydrogens is 346 g/mol. The van der Waals surface area contributed by atoms with Crippen LogP contribution >= 0.6 is 0 Å². The van der Waals surface area contributed by atoms with Crippen LogP contribution in [0.4, 0.5) is 5.69 Å². The molecule has 1 aromatic rings. The van der Waals surface area contributed by atoms with Crippen molar-refractivity contribution in [2.45, 2.75) is 31.8 Å². The second kappa shape index (κ2) is 11.8. The van der Waals surface area contributed by atoms with Gasteiger partial charge in [-0.2, -0.15) is 0 Å². The van der Waals surface area contributed by atoms with Crippen molar-refractivity contribution >= 4 is 11.6 Å². The number of ether oxygens (including phenoxy) is 4. The standard InChI is InChI=1S/C20H33N3O4/c1-4-21-19(22-16-20(25-3)9-13-26-14-10-20)23-17-7-5-8-18(15-17)27-12-6-11-24-2/h5,7-8,15H,4,6,9-14,16H2,1-3H3,(H2,21,22,23). The highest BCUT2D eigenvalue weighted by Gasteiger charge is 2.32. The van der Waals surface area contributed by atoms with Gasteiger partial charge in [0.05, 0.1) is 18.8 Å². The summed E-state index contributed by atoms with van der Waals surface area (Å²) in [6.07, 6.45) is 2.58. The molecule has 152 valence electrons. The normalized spacial score (nSPS) is 16.8. The molecule has 1 saturated heterocycles. The van der Waals surface area contributed by atoms with E-state index in [1.54, 1.807) is 14.2 Å². The highest BCUT2D eigenvalue weighted by atomic mass is 16.5. The summed E-state index contributed by atoms with van der Waals surface area (Å²) < 4.78 is 22.0. The van der Waals surface area contributed by atoms with Crippen LogP contribution in [-0.2, 0) is 14.2 Å². The Bertz CT molecular complexity index is 574. The Balaban J connectivity index is 1.98. The first-order chi connectivity index (χ1) is 13.2. The van der Waals surface area contributed by atoms with Gasteiger partial charge in [0.25, 0.3) is 0 Å². The van der Waals surface area contributed by atoms with Gasteiger partial charge >= 0.3 is 0 Å². The van der Waals surface area contributed by atoms with Crippen LogP contribution in [0.5, 0.6) is 5.75 Å². The zero-order valence-electron chi connectivity index (χ0n) is 16.8. The maximum absolute atomic E-state index is 5.77. The summed E-state index contributed by atoms with van der Waals surface area (Å²) in [5.74, 6) is 1.56. The monoisotopic (exact) mass is 379 g/mol. The summed E-state index contributed by atoms with van der Waals surface area (Å²) in [4.78, 5) is 4.75. The number of benzene rings is 1. The first kappa shape index (κ1) is 21.5. The van der Waals surface area contributed by atoms with Crippen molar-refractivity contribution in [3.8, 4) is 5.75 Å². The van der Waals surface area contributed by atoms with Crippen LogP contribution in [0.2, 0.25) is 0 Å². The summed E-state index contributed by atoms with van der Waals surface area (Å²) in [5.41, 5.74) is 0.685. The molecule has 7 heteroatoms. The first-order valence-corrected chi connectivity index (χ1v) is 9.61. The van der Waals surface area contributed by atoms with E-state index < -0.39 is 0 Å². The molecule has 1 aliphatic rings. The van der Waals surface area contributed by atoms with Crippen molar-refractivity contribution < 1.29 is 18.9 Å². The number of aliphatic imine (C=N–C) groups is 1. The molecule has 2 N–H and O–H groups in total. The Morgan fingerprint density at radius 3 is 2.74 bits per heavy atom. The molecule has 1 aromatic carbocycles. The van der Waals surface area contributed by atoms with E-state index in [1.807, 2.05) is 31.2 Å². The second-order valence-corrected chi connectivity index (χ2v) is 6.54. The minimum absolute atomic E-state index is 0.243. The van der Waals surface area contributed by atoms with Crippen molar-refractivity contribution in [2.75, 3.05) is 59.1 Å². The first-order valence-electron chi connectivity index (χ1n) is 9.61. The molecule has 1 aliphatic heterocycles. The summed E-state index contributed by atoms with van der Waals surface area (Å²) in [5, 5.41) is 6.64. The average molecular weight is 380 g/mol. The van der Waals surface area contributed by atoms with Crippen LogP contribution in [0.3, 0.4) is 0 Å². The third-order valence-corrected chi connectivity index (χ3v) is 4.56. The lowest BCUT2D eigenvalue weighted by molar-refractivity contribution is -0.0828. The number of hydrogen-bond donors (Lipinski definition) is 2. The van der Waals surface area contributed by atoms with E-state index in [1.165, 1.54) is 0 Å². The van der Waals surface area contributed by atoms with Crippen molar-refractivity contribution in [1.29, 1.82) is 0 Å². The van der Waals surface area contributed by atoms with Gasteiger partial charge in [-0.3, -0.25) is 0 Å². The third kappa shape index (κ3) is 7.36. The maximum atomic E-state index is 5.77. The van der Waals surface area contributed by atoms with E-state index in [9.17, 15) is 0 Å². The molecule has 1 heterocycles. The quantitative estimate of drug-likeness (QED) is 0.370. The molecule has 0 radical (unpaired) electrons. The maximum Gasteiger partial charge on any atom is 0.195 e. The van der Waals surface area contributed by atoms with Crippen LogP contribution < -0.4 is 15.4 Å². The fourth-order valence-corrected chi connectivity index (χ4v) is 2.89. The van der Waals surface area contributed by atoms with Gasteiger partial charge in [-0.25, -0.2) is 4.99 Å². The van der Waals surface area contributed by atoms with Crippen LogP contribution in [0, 0.1) is 0 Å². The van der Waals surface area contributed by atoms with Crippen LogP contribution in [0.15, 0.2) is 29.3 Å². The molecule has 0 atom stereocenters. The van der Waals surface area contributed by atoms with Crippen molar-refractivity contribution in [3.63, 3.8) is 0 Å². The molecule has 0 aromatic heterocycles. The van der Waals surface area contributed by atoms with Gasteiger partial charge in [0.1, 0.15) is 5.75 Å². The predicted octanol–water partition coefficient (Wildman–Crippen LogP) is 2.67. The zero-order chi connectivity index (χ0) is 19.4. The van der Waals surface area contributed by atoms with Crippen molar-refractivity contribution in [3.05, 3.63) is 24.3 Å². The molecular formula is C20H33N3O4. The fraction of sp³-hybridized carbons (Fsp3) is 0.650. The van der Waals surface area contributed by atoms with Gasteiger partial charge in [0, 0.05) is 71.6 Å². The molecule has 0 aliphatic carbocycles. The number of hydrogen-bond acceptors (Lipinski definition) is 5. The highest BCUT2D eigenvalue weighted by Crippen LogP contribution is 2.25. The Hall–Kier alpha value is -1.83. The van der Waals surface area contributed by atoms with Gasteiger partial charge in [-0.05, 0) is 19.1 Å². The molecule has 0 spiro atoms. The third-order valence-electron chi connectivity index (χ3n) is 4.56. The number of guanidine groups is 1. The van der Waals surface area contributed by atoms with Crippen LogP contribution in [-0.4, -0.2) is 65.3 Å². The van der Waals surface area contributed by atoms with E-state index >= 15 is 0 Å². The molecule has 0 amide bonds. The number of rotatable bonds is 10. The molecule has 1 fully saturated rings. The minimum Gasteiger partial charge on any atom is -0.493 e. The van der Waals surface area contributed by atoms with Gasteiger partial charge in [0.15, 0.2) is 5.96 Å². The number of anilines is 1. The van der Waals surface area contributed by atoms with Gasteiger partial charge in [-0.1, -0.05) is 6.07 Å². The second-order valence-electron chi connectivity index (χ2n) is 6.54. The number of nitrogens with one attached hydrogen (secondary N) is 2. The Kier molecular flexibility index (Phi) is 9.38. The number of methoxy groups -OCH3 is 2. The topological polar surface area (TPSA) is 73.3 Å². The molecule has 0 saturated carbocycles. The smallest absolute Gasteiger partial charge is 0.195 e. The Morgan fingerprint density at radius 1 is 1.22 bits per heavy atom. The molecule has 0 bridgehead atoms. The van der Waals surface area contributed by atoms with Crippen LogP contribution in [0.1, 0.15) is 26.2 Å². The molecule has 7 nitrogen and oxygen atoms in total. The summed E-state index contributed by atoms with van der Waals surface area (Å²) >= 11 is 0. The zero-order valence-corrected chi connectivity index (χ0v) is 16.8. The Morgan fingerprint density at radius 2 is 2.04 bits per heavy atom. The molecule has 0 unspecified atom stereocenters. The number of nitrogens with zero attached hydrogens (tertiary/aromatic N) is 1. The average Bonchev–Trinajstić information content (AvgIpc) is 2.71. The van der Waals surface area contributed by atoms with E-state index in [0.29, 0.717) is 19.8 Å². The van der Waals surface area contributed by atoms with E-state index in [0.717, 1.165) is 56.4 Å². The lowest BCUT2D eigenvalue weighted by Crippen LogP contribution is -2.42.